The van der Waals surface area contributed by atoms with Gasteiger partial charge in [-0.25, -0.2) is 13.2 Å². The third-order valence-corrected chi connectivity index (χ3v) is 2.59. The van der Waals surface area contributed by atoms with E-state index in [1.54, 1.807) is 6.07 Å². The molecule has 1 aromatic carbocycles. The highest BCUT2D eigenvalue weighted by molar-refractivity contribution is 6.18. The lowest BCUT2D eigenvalue weighted by Gasteiger charge is -2.20. The lowest BCUT2D eigenvalue weighted by molar-refractivity contribution is 0.0878. The highest BCUT2D eigenvalue weighted by atomic mass is 35.5. The Morgan fingerprint density at radius 3 is 2.61 bits per heavy atom. The van der Waals surface area contributed by atoms with Gasteiger partial charge < -0.3 is 4.74 Å². The molecule has 0 spiro atoms. The predicted octanol–water partition coefficient (Wildman–Crippen LogP) is 3.14. The highest BCUT2D eigenvalue weighted by Crippen LogP contribution is 2.19. The van der Waals surface area contributed by atoms with Crippen LogP contribution in [0.25, 0.3) is 0 Å². The average Bonchev–Trinajstić information content (AvgIpc) is 2.28. The molecule has 0 amide bonds. The number of methoxy groups -OCH3 is 1. The van der Waals surface area contributed by atoms with Crippen molar-refractivity contribution >= 4 is 11.6 Å². The summed E-state index contributed by atoms with van der Waals surface area (Å²) in [5.74, 6) is -0.111. The van der Waals surface area contributed by atoms with Crippen LogP contribution >= 0.6 is 11.6 Å². The SMILES string of the molecule is COc1ccc(CN(CCCl)CC(F)F)cc1F. The van der Waals surface area contributed by atoms with Crippen molar-refractivity contribution in [1.29, 1.82) is 0 Å². The number of nitrogens with zero attached hydrogens (tertiary/aromatic N) is 1. The summed E-state index contributed by atoms with van der Waals surface area (Å²) < 4.78 is 42.9. The van der Waals surface area contributed by atoms with E-state index in [1.807, 2.05) is 0 Å². The molecule has 0 fully saturated rings. The first kappa shape index (κ1) is 15.1. The minimum absolute atomic E-state index is 0.136. The fourth-order valence-electron chi connectivity index (χ4n) is 1.62. The van der Waals surface area contributed by atoms with Gasteiger partial charge in [-0.3, -0.25) is 4.90 Å². The van der Waals surface area contributed by atoms with Crippen molar-refractivity contribution in [3.63, 3.8) is 0 Å². The van der Waals surface area contributed by atoms with Gasteiger partial charge in [0, 0.05) is 19.0 Å². The van der Waals surface area contributed by atoms with Gasteiger partial charge in [0.1, 0.15) is 0 Å². The van der Waals surface area contributed by atoms with E-state index in [0.29, 0.717) is 12.1 Å². The molecule has 0 aliphatic heterocycles. The van der Waals surface area contributed by atoms with Crippen LogP contribution in [0, 0.1) is 5.82 Å². The summed E-state index contributed by atoms with van der Waals surface area (Å²) in [6.45, 7) is 0.192. The van der Waals surface area contributed by atoms with Crippen LogP contribution in [0.3, 0.4) is 0 Å². The lowest BCUT2D eigenvalue weighted by atomic mass is 10.2. The van der Waals surface area contributed by atoms with E-state index >= 15 is 0 Å². The first-order valence-corrected chi connectivity index (χ1v) is 5.99. The molecule has 1 aromatic rings. The van der Waals surface area contributed by atoms with Crippen molar-refractivity contribution in [3.8, 4) is 5.75 Å². The van der Waals surface area contributed by atoms with Crippen LogP contribution in [-0.2, 0) is 6.54 Å². The Kier molecular flexibility index (Phi) is 6.29. The zero-order chi connectivity index (χ0) is 13.5. The summed E-state index contributed by atoms with van der Waals surface area (Å²) in [5, 5.41) is 0. The summed E-state index contributed by atoms with van der Waals surface area (Å²) in [4.78, 5) is 1.49. The number of hydrogen-bond acceptors (Lipinski definition) is 2. The first-order chi connectivity index (χ1) is 8.56. The zero-order valence-electron chi connectivity index (χ0n) is 10.0. The van der Waals surface area contributed by atoms with E-state index in [9.17, 15) is 13.2 Å². The van der Waals surface area contributed by atoms with Crippen molar-refractivity contribution in [2.24, 2.45) is 0 Å². The Labute approximate surface area is 109 Å². The zero-order valence-corrected chi connectivity index (χ0v) is 10.8. The van der Waals surface area contributed by atoms with Crippen LogP contribution in [0.2, 0.25) is 0 Å². The average molecular weight is 282 g/mol. The summed E-state index contributed by atoms with van der Waals surface area (Å²) in [7, 11) is 1.37. The lowest BCUT2D eigenvalue weighted by Crippen LogP contribution is -2.30. The van der Waals surface area contributed by atoms with Gasteiger partial charge in [-0.05, 0) is 17.7 Å². The summed E-state index contributed by atoms with van der Waals surface area (Å²) in [6, 6.07) is 4.41. The molecule has 0 heterocycles. The third kappa shape index (κ3) is 4.74. The van der Waals surface area contributed by atoms with Crippen LogP contribution in [-0.4, -0.2) is 37.4 Å². The van der Waals surface area contributed by atoms with Crippen LogP contribution in [0.15, 0.2) is 18.2 Å². The van der Waals surface area contributed by atoms with Gasteiger partial charge in [-0.1, -0.05) is 6.07 Å². The minimum Gasteiger partial charge on any atom is -0.494 e. The molecule has 0 atom stereocenters. The molecule has 102 valence electrons. The molecule has 0 saturated carbocycles. The van der Waals surface area contributed by atoms with Crippen LogP contribution in [0.4, 0.5) is 13.2 Å². The normalized spacial score (nSPS) is 11.3. The molecule has 6 heteroatoms. The Balaban J connectivity index is 2.71. The Bertz CT molecular complexity index is 376. The molecular weight excluding hydrogens is 267 g/mol. The molecule has 2 nitrogen and oxygen atoms in total. The Hall–Kier alpha value is -0.940. The van der Waals surface area contributed by atoms with E-state index in [2.05, 4.69) is 0 Å². The number of halogens is 4. The summed E-state index contributed by atoms with van der Waals surface area (Å²) >= 11 is 5.54. The molecule has 0 radical (unpaired) electrons. The van der Waals surface area contributed by atoms with Crippen molar-refractivity contribution in [2.45, 2.75) is 13.0 Å². The summed E-state index contributed by atoms with van der Waals surface area (Å²) in [6.07, 6.45) is -2.43. The minimum atomic E-state index is -2.43. The van der Waals surface area contributed by atoms with E-state index in [4.69, 9.17) is 16.3 Å². The van der Waals surface area contributed by atoms with Gasteiger partial charge in [0.2, 0.25) is 0 Å². The molecule has 0 bridgehead atoms. The molecule has 1 rings (SSSR count). The van der Waals surface area contributed by atoms with Gasteiger partial charge in [0.25, 0.3) is 6.43 Å². The van der Waals surface area contributed by atoms with Crippen LogP contribution in [0.1, 0.15) is 5.56 Å². The predicted molar refractivity (Wildman–Crippen MR) is 65.0 cm³/mol. The maximum absolute atomic E-state index is 13.4. The van der Waals surface area contributed by atoms with Gasteiger partial charge in [-0.2, -0.15) is 0 Å². The molecule has 0 aliphatic rings. The van der Waals surface area contributed by atoms with Gasteiger partial charge in [0.15, 0.2) is 11.6 Å². The standard InChI is InChI=1S/C12H15ClF3NO/c1-18-11-3-2-9(6-10(11)14)7-17(5-4-13)8-12(15)16/h2-3,6,12H,4-5,7-8H2,1H3. The van der Waals surface area contributed by atoms with E-state index in [-0.39, 0.29) is 24.7 Å². The van der Waals surface area contributed by atoms with Crippen molar-refractivity contribution in [1.82, 2.24) is 4.90 Å². The Morgan fingerprint density at radius 2 is 2.11 bits per heavy atom. The number of benzene rings is 1. The third-order valence-electron chi connectivity index (χ3n) is 2.42. The van der Waals surface area contributed by atoms with Crippen molar-refractivity contribution < 1.29 is 17.9 Å². The number of rotatable bonds is 7. The van der Waals surface area contributed by atoms with Gasteiger partial charge >= 0.3 is 0 Å². The highest BCUT2D eigenvalue weighted by Gasteiger charge is 2.13. The molecule has 0 unspecified atom stereocenters. The summed E-state index contributed by atoms with van der Waals surface area (Å²) in [5.41, 5.74) is 0.610. The maximum Gasteiger partial charge on any atom is 0.251 e. The largest absolute Gasteiger partial charge is 0.494 e. The van der Waals surface area contributed by atoms with Crippen molar-refractivity contribution in [2.75, 3.05) is 26.1 Å². The van der Waals surface area contributed by atoms with E-state index in [1.165, 1.54) is 24.1 Å². The number of alkyl halides is 3. The topological polar surface area (TPSA) is 12.5 Å². The van der Waals surface area contributed by atoms with Gasteiger partial charge in [0.05, 0.1) is 13.7 Å². The van der Waals surface area contributed by atoms with E-state index < -0.39 is 12.2 Å². The first-order valence-electron chi connectivity index (χ1n) is 5.45. The molecule has 0 saturated heterocycles. The molecule has 0 aromatic heterocycles. The second kappa shape index (κ2) is 7.48. The monoisotopic (exact) mass is 281 g/mol. The smallest absolute Gasteiger partial charge is 0.251 e. The number of hydrogen-bond donors (Lipinski definition) is 0. The fraction of sp³-hybridized carbons (Fsp3) is 0.500. The number of ether oxygens (including phenoxy) is 1. The van der Waals surface area contributed by atoms with Crippen LogP contribution in [0.5, 0.6) is 5.75 Å². The second-order valence-electron chi connectivity index (χ2n) is 3.78. The van der Waals surface area contributed by atoms with Crippen LogP contribution < -0.4 is 4.74 Å². The molecule has 0 aliphatic carbocycles. The molecule has 0 N–H and O–H groups in total. The molecule has 18 heavy (non-hydrogen) atoms. The quantitative estimate of drug-likeness (QED) is 0.712. The Morgan fingerprint density at radius 1 is 1.39 bits per heavy atom. The van der Waals surface area contributed by atoms with E-state index in [0.717, 1.165) is 0 Å². The molecular formula is C12H15ClF3NO. The second-order valence-corrected chi connectivity index (χ2v) is 4.16. The van der Waals surface area contributed by atoms with Gasteiger partial charge in [-0.15, -0.1) is 11.6 Å². The fourth-order valence-corrected chi connectivity index (χ4v) is 1.86. The maximum atomic E-state index is 13.4. The van der Waals surface area contributed by atoms with Crippen molar-refractivity contribution in [3.05, 3.63) is 29.6 Å².